The van der Waals surface area contributed by atoms with E-state index in [9.17, 15) is 4.39 Å². The van der Waals surface area contributed by atoms with Crippen LogP contribution in [0.25, 0.3) is 12.3 Å². The number of anilines is 1. The largest absolute Gasteiger partial charge is 0.493 e. The number of ether oxygens (including phenoxy) is 1. The number of nitrogens with zero attached hydrogens (tertiary/aromatic N) is 3. The number of halogens is 1. The Balaban J connectivity index is 1.64. The second-order valence-electron chi connectivity index (χ2n) is 5.69. The highest BCUT2D eigenvalue weighted by molar-refractivity contribution is 5.62. The standard InChI is InChI=1S/C18H21FN4O/c19-10-1-13-24-16-6-2-14(3-7-16)8-11-23-12-9-17(22-18(23)20)21-15-4-5-15/h2-3,6-9,11-12,15H,1,4-5,10,13H2,(H2,20,21,22)/b11-8+. The van der Waals surface area contributed by atoms with Gasteiger partial charge in [0, 0.05) is 18.8 Å². The van der Waals surface area contributed by atoms with E-state index in [1.54, 1.807) is 4.57 Å². The van der Waals surface area contributed by atoms with Gasteiger partial charge in [-0.1, -0.05) is 12.1 Å². The zero-order valence-electron chi connectivity index (χ0n) is 13.4. The molecule has 126 valence electrons. The van der Waals surface area contributed by atoms with Crippen LogP contribution in [0.5, 0.6) is 5.75 Å². The van der Waals surface area contributed by atoms with Gasteiger partial charge in [-0.15, -0.1) is 0 Å². The molecule has 0 bridgehead atoms. The lowest BCUT2D eigenvalue weighted by atomic mass is 10.2. The second kappa shape index (κ2) is 7.77. The van der Waals surface area contributed by atoms with Crippen LogP contribution in [-0.4, -0.2) is 28.9 Å². The van der Waals surface area contributed by atoms with Crippen molar-refractivity contribution in [1.29, 1.82) is 0 Å². The molecule has 1 saturated carbocycles. The molecule has 1 aromatic heterocycles. The third kappa shape index (κ3) is 4.68. The minimum Gasteiger partial charge on any atom is -0.493 e. The number of rotatable bonds is 7. The van der Waals surface area contributed by atoms with Crippen LogP contribution < -0.4 is 16.0 Å². The molecule has 0 unspecified atom stereocenters. The minimum atomic E-state index is -0.361. The van der Waals surface area contributed by atoms with E-state index in [2.05, 4.69) is 9.98 Å². The molecule has 1 fully saturated rings. The molecule has 0 saturated heterocycles. The Labute approximate surface area is 140 Å². The Kier molecular flexibility index (Phi) is 5.25. The topological polar surface area (TPSA) is 65.4 Å². The van der Waals surface area contributed by atoms with Crippen LogP contribution in [0, 0.1) is 0 Å². The third-order valence-corrected chi connectivity index (χ3v) is 3.59. The average molecular weight is 328 g/mol. The Bertz CT molecular complexity index is 763. The van der Waals surface area contributed by atoms with Crippen LogP contribution >= 0.6 is 0 Å². The van der Waals surface area contributed by atoms with Crippen LogP contribution in [0.15, 0.2) is 41.5 Å². The van der Waals surface area contributed by atoms with E-state index in [4.69, 9.17) is 10.5 Å². The summed E-state index contributed by atoms with van der Waals surface area (Å²) in [7, 11) is 0. The summed E-state index contributed by atoms with van der Waals surface area (Å²) >= 11 is 0. The van der Waals surface area contributed by atoms with Gasteiger partial charge in [-0.3, -0.25) is 13.9 Å². The normalized spacial score (nSPS) is 15.1. The first-order chi connectivity index (χ1) is 11.7. The molecule has 2 N–H and O–H groups in total. The second-order valence-corrected chi connectivity index (χ2v) is 5.69. The van der Waals surface area contributed by atoms with Crippen molar-refractivity contribution >= 4 is 18.2 Å². The molecule has 0 aliphatic heterocycles. The van der Waals surface area contributed by atoms with Gasteiger partial charge in [0.05, 0.1) is 19.3 Å². The molecule has 1 aliphatic rings. The van der Waals surface area contributed by atoms with E-state index in [-0.39, 0.29) is 6.67 Å². The van der Waals surface area contributed by atoms with E-state index < -0.39 is 0 Å². The van der Waals surface area contributed by atoms with Gasteiger partial charge in [-0.2, -0.15) is 4.98 Å². The summed E-state index contributed by atoms with van der Waals surface area (Å²) < 4.78 is 19.2. The van der Waals surface area contributed by atoms with Gasteiger partial charge in [0.25, 0.3) is 0 Å². The molecule has 6 heteroatoms. The first-order valence-corrected chi connectivity index (χ1v) is 8.10. The number of alkyl halides is 1. The lowest BCUT2D eigenvalue weighted by Gasteiger charge is -2.05. The SMILES string of the molecule is Nc1nc(=NC2CC2)ccn1/C=C/c1ccc(OCCCF)cc1. The van der Waals surface area contributed by atoms with Gasteiger partial charge in [0.2, 0.25) is 5.95 Å². The lowest BCUT2D eigenvalue weighted by Crippen LogP contribution is -2.15. The molecule has 1 aromatic carbocycles. The molecular weight excluding hydrogens is 307 g/mol. The van der Waals surface area contributed by atoms with Crippen molar-refractivity contribution in [3.8, 4) is 5.75 Å². The zero-order chi connectivity index (χ0) is 16.8. The Morgan fingerprint density at radius 1 is 1.29 bits per heavy atom. The van der Waals surface area contributed by atoms with E-state index >= 15 is 0 Å². The summed E-state index contributed by atoms with van der Waals surface area (Å²) in [5.41, 5.74) is 7.66. The highest BCUT2D eigenvalue weighted by atomic mass is 19.1. The number of nitrogens with two attached hydrogens (primary N) is 1. The summed E-state index contributed by atoms with van der Waals surface area (Å²) in [4.78, 5) is 8.76. The van der Waals surface area contributed by atoms with Crippen LogP contribution in [0.4, 0.5) is 10.3 Å². The van der Waals surface area contributed by atoms with Crippen LogP contribution in [0.1, 0.15) is 24.8 Å². The minimum absolute atomic E-state index is 0.361. The Hall–Kier alpha value is -2.63. The van der Waals surface area contributed by atoms with Crippen molar-refractivity contribution in [3.63, 3.8) is 0 Å². The van der Waals surface area contributed by atoms with Gasteiger partial charge >= 0.3 is 0 Å². The summed E-state index contributed by atoms with van der Waals surface area (Å²) in [6.07, 6.45) is 8.33. The number of benzene rings is 1. The molecule has 3 rings (SSSR count). The average Bonchev–Trinajstić information content (AvgIpc) is 3.40. The highest BCUT2D eigenvalue weighted by Gasteiger charge is 2.19. The number of nitrogen functional groups attached to an aromatic ring is 1. The Morgan fingerprint density at radius 2 is 2.08 bits per heavy atom. The number of hydrogen-bond donors (Lipinski definition) is 1. The van der Waals surface area contributed by atoms with Crippen molar-refractivity contribution in [3.05, 3.63) is 47.6 Å². The van der Waals surface area contributed by atoms with Crippen LogP contribution in [0.3, 0.4) is 0 Å². The van der Waals surface area contributed by atoms with Crippen molar-refractivity contribution in [2.75, 3.05) is 19.0 Å². The third-order valence-electron chi connectivity index (χ3n) is 3.59. The highest BCUT2D eigenvalue weighted by Crippen LogP contribution is 2.22. The summed E-state index contributed by atoms with van der Waals surface area (Å²) in [5, 5.41) is 0. The quantitative estimate of drug-likeness (QED) is 0.795. The van der Waals surface area contributed by atoms with Crippen molar-refractivity contribution in [1.82, 2.24) is 9.55 Å². The fourth-order valence-electron chi connectivity index (χ4n) is 2.11. The van der Waals surface area contributed by atoms with E-state index in [1.807, 2.05) is 48.8 Å². The molecular formula is C18H21FN4O. The fourth-order valence-corrected chi connectivity index (χ4v) is 2.11. The van der Waals surface area contributed by atoms with E-state index in [0.29, 0.717) is 30.5 Å². The van der Waals surface area contributed by atoms with E-state index in [0.717, 1.165) is 24.2 Å². The van der Waals surface area contributed by atoms with Gasteiger partial charge in [-0.05, 0) is 42.7 Å². The molecule has 0 spiro atoms. The van der Waals surface area contributed by atoms with Gasteiger partial charge in [0.15, 0.2) is 5.49 Å². The van der Waals surface area contributed by atoms with Gasteiger partial charge < -0.3 is 10.5 Å². The molecule has 24 heavy (non-hydrogen) atoms. The molecule has 0 amide bonds. The summed E-state index contributed by atoms with van der Waals surface area (Å²) in [5.74, 6) is 1.14. The summed E-state index contributed by atoms with van der Waals surface area (Å²) in [6.45, 7) is 0.0300. The molecule has 0 atom stereocenters. The molecule has 1 aliphatic carbocycles. The number of aromatic nitrogens is 2. The monoisotopic (exact) mass is 328 g/mol. The van der Waals surface area contributed by atoms with Crippen molar-refractivity contribution in [2.24, 2.45) is 4.99 Å². The molecule has 5 nitrogen and oxygen atoms in total. The maximum absolute atomic E-state index is 12.0. The van der Waals surface area contributed by atoms with Crippen LogP contribution in [-0.2, 0) is 0 Å². The predicted molar refractivity (Wildman–Crippen MR) is 93.0 cm³/mol. The van der Waals surface area contributed by atoms with Crippen molar-refractivity contribution in [2.45, 2.75) is 25.3 Å². The fraction of sp³-hybridized carbons (Fsp3) is 0.333. The van der Waals surface area contributed by atoms with E-state index in [1.165, 1.54) is 0 Å². The first-order valence-electron chi connectivity index (χ1n) is 8.10. The predicted octanol–water partition coefficient (Wildman–Crippen LogP) is 2.89. The lowest BCUT2D eigenvalue weighted by molar-refractivity contribution is 0.289. The van der Waals surface area contributed by atoms with Crippen LogP contribution in [0.2, 0.25) is 0 Å². The summed E-state index contributed by atoms with van der Waals surface area (Å²) in [6, 6.07) is 9.88. The molecule has 0 radical (unpaired) electrons. The maximum Gasteiger partial charge on any atom is 0.206 e. The molecule has 1 heterocycles. The van der Waals surface area contributed by atoms with Gasteiger partial charge in [0.1, 0.15) is 5.75 Å². The zero-order valence-corrected chi connectivity index (χ0v) is 13.4. The van der Waals surface area contributed by atoms with Gasteiger partial charge in [-0.25, -0.2) is 0 Å². The first kappa shape index (κ1) is 16.2. The molecule has 2 aromatic rings. The van der Waals surface area contributed by atoms with Crippen molar-refractivity contribution < 1.29 is 9.13 Å². The maximum atomic E-state index is 12.0. The number of hydrogen-bond acceptors (Lipinski definition) is 4. The Morgan fingerprint density at radius 3 is 2.75 bits per heavy atom. The smallest absolute Gasteiger partial charge is 0.206 e.